The highest BCUT2D eigenvalue weighted by molar-refractivity contribution is 7.10. The van der Waals surface area contributed by atoms with E-state index in [0.29, 0.717) is 11.3 Å². The largest absolute Gasteiger partial charge is 0.396 e. The minimum atomic E-state index is -0.429. The molecule has 0 aliphatic carbocycles. The summed E-state index contributed by atoms with van der Waals surface area (Å²) in [6.07, 6.45) is 0.369. The van der Waals surface area contributed by atoms with E-state index in [0.717, 1.165) is 0 Å². The number of hydrogen-bond donors (Lipinski definition) is 1. The number of aliphatic hydroxyl groups excluding tert-OH is 1. The average Bonchev–Trinajstić information content (AvgIpc) is 2.36. The average molecular weight is 173 g/mol. The van der Waals surface area contributed by atoms with Gasteiger partial charge in [-0.1, -0.05) is 0 Å². The Morgan fingerprint density at radius 2 is 2.45 bits per heavy atom. The van der Waals surface area contributed by atoms with E-state index in [1.54, 1.807) is 5.38 Å². The third kappa shape index (κ3) is 1.75. The lowest BCUT2D eigenvalue weighted by Gasteiger charge is -1.91. The first kappa shape index (κ1) is 8.16. The van der Waals surface area contributed by atoms with Gasteiger partial charge < -0.3 is 5.11 Å². The summed E-state index contributed by atoms with van der Waals surface area (Å²) >= 11 is 1.30. The van der Waals surface area contributed by atoms with Crippen LogP contribution in [0.4, 0.5) is 5.69 Å². The normalized spacial score (nSPS) is 9.91. The molecule has 0 radical (unpaired) electrons. The van der Waals surface area contributed by atoms with Gasteiger partial charge in [0, 0.05) is 19.1 Å². The Labute approximate surface area is 67.2 Å². The van der Waals surface area contributed by atoms with Gasteiger partial charge in [0.15, 0.2) is 0 Å². The van der Waals surface area contributed by atoms with Gasteiger partial charge in [0.2, 0.25) is 0 Å². The fourth-order valence-electron chi connectivity index (χ4n) is 0.785. The summed E-state index contributed by atoms with van der Waals surface area (Å²) in [5, 5.41) is 20.5. The zero-order valence-corrected chi connectivity index (χ0v) is 6.50. The van der Waals surface area contributed by atoms with Crippen LogP contribution < -0.4 is 0 Å². The number of nitro groups is 1. The van der Waals surface area contributed by atoms with E-state index in [9.17, 15) is 10.1 Å². The Bertz CT molecular complexity index is 258. The summed E-state index contributed by atoms with van der Waals surface area (Å²) in [6, 6.07) is 1.45. The summed E-state index contributed by atoms with van der Waals surface area (Å²) in [5.41, 5.74) is 0.115. The predicted molar refractivity (Wildman–Crippen MR) is 41.8 cm³/mol. The molecule has 0 amide bonds. The van der Waals surface area contributed by atoms with Crippen LogP contribution in [0.25, 0.3) is 0 Å². The Balaban J connectivity index is 2.87. The lowest BCUT2D eigenvalue weighted by Crippen LogP contribution is -1.93. The molecule has 0 unspecified atom stereocenters. The van der Waals surface area contributed by atoms with E-state index in [4.69, 9.17) is 5.11 Å². The number of hydrogen-bond acceptors (Lipinski definition) is 4. The molecule has 1 aromatic rings. The molecule has 0 aliphatic rings. The second-order valence-corrected chi connectivity index (χ2v) is 2.96. The summed E-state index contributed by atoms with van der Waals surface area (Å²) in [6.45, 7) is -0.0403. The maximum atomic E-state index is 10.3. The van der Waals surface area contributed by atoms with Gasteiger partial charge >= 0.3 is 0 Å². The maximum Gasteiger partial charge on any atom is 0.283 e. The molecule has 0 aliphatic heterocycles. The molecule has 1 aromatic heterocycles. The summed E-state index contributed by atoms with van der Waals surface area (Å²) in [5.74, 6) is 0. The van der Waals surface area contributed by atoms with Crippen LogP contribution in [-0.4, -0.2) is 16.6 Å². The molecule has 0 saturated carbocycles. The highest BCUT2D eigenvalue weighted by Gasteiger charge is 2.13. The lowest BCUT2D eigenvalue weighted by atomic mass is 10.3. The molecule has 1 N–H and O–H groups in total. The molecule has 1 rings (SSSR count). The van der Waals surface area contributed by atoms with Gasteiger partial charge in [-0.25, -0.2) is 0 Å². The van der Waals surface area contributed by atoms with Crippen molar-refractivity contribution in [2.24, 2.45) is 0 Å². The van der Waals surface area contributed by atoms with Crippen LogP contribution >= 0.6 is 11.3 Å². The van der Waals surface area contributed by atoms with Crippen LogP contribution in [0.15, 0.2) is 11.4 Å². The Morgan fingerprint density at radius 1 is 1.73 bits per heavy atom. The fourth-order valence-corrected chi connectivity index (χ4v) is 1.62. The lowest BCUT2D eigenvalue weighted by molar-refractivity contribution is -0.385. The van der Waals surface area contributed by atoms with Crippen molar-refractivity contribution < 1.29 is 10.0 Å². The smallest absolute Gasteiger partial charge is 0.283 e. The third-order valence-electron chi connectivity index (χ3n) is 1.26. The van der Waals surface area contributed by atoms with E-state index in [-0.39, 0.29) is 12.3 Å². The second-order valence-electron chi connectivity index (χ2n) is 1.96. The van der Waals surface area contributed by atoms with E-state index < -0.39 is 4.92 Å². The van der Waals surface area contributed by atoms with Crippen LogP contribution in [0.5, 0.6) is 0 Å². The van der Waals surface area contributed by atoms with Gasteiger partial charge in [-0.05, 0) is 5.38 Å². The van der Waals surface area contributed by atoms with E-state index in [1.807, 2.05) is 0 Å². The van der Waals surface area contributed by atoms with Gasteiger partial charge in [-0.15, -0.1) is 11.3 Å². The number of aliphatic hydroxyl groups is 1. The van der Waals surface area contributed by atoms with E-state index in [1.165, 1.54) is 17.4 Å². The quantitative estimate of drug-likeness (QED) is 0.551. The molecule has 0 saturated heterocycles. The molecule has 0 bridgehead atoms. The molecule has 0 atom stereocenters. The molecule has 0 aromatic carbocycles. The van der Waals surface area contributed by atoms with Gasteiger partial charge in [0.25, 0.3) is 5.69 Å². The Hall–Kier alpha value is -0.940. The Morgan fingerprint density at radius 3 is 3.00 bits per heavy atom. The van der Waals surface area contributed by atoms with Crippen molar-refractivity contribution in [1.82, 2.24) is 0 Å². The topological polar surface area (TPSA) is 63.4 Å². The molecule has 5 heteroatoms. The monoisotopic (exact) mass is 173 g/mol. The Kier molecular flexibility index (Phi) is 2.56. The summed E-state index contributed by atoms with van der Waals surface area (Å²) in [7, 11) is 0. The number of rotatable bonds is 3. The van der Waals surface area contributed by atoms with Crippen molar-refractivity contribution in [3.8, 4) is 0 Å². The van der Waals surface area contributed by atoms with Gasteiger partial charge in [-0.3, -0.25) is 10.1 Å². The van der Waals surface area contributed by atoms with Crippen LogP contribution in [0.1, 0.15) is 4.88 Å². The van der Waals surface area contributed by atoms with Crippen molar-refractivity contribution in [3.63, 3.8) is 0 Å². The molecule has 11 heavy (non-hydrogen) atoms. The van der Waals surface area contributed by atoms with Gasteiger partial charge in [-0.2, -0.15) is 0 Å². The maximum absolute atomic E-state index is 10.3. The minimum Gasteiger partial charge on any atom is -0.396 e. The van der Waals surface area contributed by atoms with Crippen molar-refractivity contribution in [3.05, 3.63) is 26.4 Å². The minimum absolute atomic E-state index is 0.0403. The first-order valence-electron chi connectivity index (χ1n) is 3.07. The highest BCUT2D eigenvalue weighted by Crippen LogP contribution is 2.24. The van der Waals surface area contributed by atoms with Crippen molar-refractivity contribution in [2.45, 2.75) is 6.42 Å². The van der Waals surface area contributed by atoms with Gasteiger partial charge in [0.05, 0.1) is 9.80 Å². The molecule has 4 nitrogen and oxygen atoms in total. The molecular weight excluding hydrogens is 166 g/mol. The first-order chi connectivity index (χ1) is 5.25. The fraction of sp³-hybridized carbons (Fsp3) is 0.333. The summed E-state index contributed by atoms with van der Waals surface area (Å²) in [4.78, 5) is 10.5. The zero-order chi connectivity index (χ0) is 8.27. The van der Waals surface area contributed by atoms with Crippen LogP contribution in [0.2, 0.25) is 0 Å². The highest BCUT2D eigenvalue weighted by atomic mass is 32.1. The molecular formula is C6H7NO3S. The molecule has 0 spiro atoms. The third-order valence-corrected chi connectivity index (χ3v) is 2.23. The molecule has 0 fully saturated rings. The van der Waals surface area contributed by atoms with Gasteiger partial charge in [0.1, 0.15) is 0 Å². The SMILES string of the molecule is O=[N+]([O-])c1ccsc1CCO. The first-order valence-corrected chi connectivity index (χ1v) is 3.95. The standard InChI is InChI=1S/C6H7NO3S/c8-3-1-6-5(7(9)10)2-4-11-6/h2,4,8H,1,3H2. The summed E-state index contributed by atoms with van der Waals surface area (Å²) < 4.78 is 0. The van der Waals surface area contributed by atoms with Crippen LogP contribution in [0.3, 0.4) is 0 Å². The molecule has 1 heterocycles. The van der Waals surface area contributed by atoms with E-state index >= 15 is 0 Å². The number of thiophene rings is 1. The van der Waals surface area contributed by atoms with Crippen molar-refractivity contribution >= 4 is 17.0 Å². The molecule has 60 valence electrons. The van der Waals surface area contributed by atoms with E-state index in [2.05, 4.69) is 0 Å². The second kappa shape index (κ2) is 3.45. The zero-order valence-electron chi connectivity index (χ0n) is 5.69. The van der Waals surface area contributed by atoms with Crippen molar-refractivity contribution in [1.29, 1.82) is 0 Å². The predicted octanol–water partition coefficient (Wildman–Crippen LogP) is 1.19. The number of nitrogens with zero attached hydrogens (tertiary/aromatic N) is 1. The van der Waals surface area contributed by atoms with Crippen LogP contribution in [-0.2, 0) is 6.42 Å². The van der Waals surface area contributed by atoms with Crippen LogP contribution in [0, 0.1) is 10.1 Å². The van der Waals surface area contributed by atoms with Crippen molar-refractivity contribution in [2.75, 3.05) is 6.61 Å².